The Kier molecular flexibility index (Phi) is 10.2. The predicted octanol–water partition coefficient (Wildman–Crippen LogP) is 5.81. The number of halogens is 1. The number of rotatable bonds is 11. The number of hydrogen-bond acceptors (Lipinski definition) is 3. The van der Waals surface area contributed by atoms with Crippen molar-refractivity contribution < 1.29 is 9.53 Å². The molecule has 1 heterocycles. The van der Waals surface area contributed by atoms with Crippen LogP contribution in [0, 0.1) is 0 Å². The zero-order valence-electron chi connectivity index (χ0n) is 20.6. The molecule has 1 aliphatic heterocycles. The molecule has 0 spiro atoms. The second-order valence-electron chi connectivity index (χ2n) is 9.31. The molecule has 0 bridgehead atoms. The monoisotopic (exact) mass is 492 g/mol. The third kappa shape index (κ3) is 6.65. The molecule has 186 valence electrons. The molecule has 5 heteroatoms. The van der Waals surface area contributed by atoms with Crippen LogP contribution in [-0.2, 0) is 10.2 Å². The first-order valence-corrected chi connectivity index (χ1v) is 12.4. The summed E-state index contributed by atoms with van der Waals surface area (Å²) < 4.78 is 5.39. The molecule has 1 amide bonds. The number of hydrogen-bond donors (Lipinski definition) is 1. The van der Waals surface area contributed by atoms with Crippen molar-refractivity contribution in [3.05, 3.63) is 102 Å². The summed E-state index contributed by atoms with van der Waals surface area (Å²) in [5, 5.41) is 3.00. The Morgan fingerprint density at radius 2 is 1.51 bits per heavy atom. The minimum absolute atomic E-state index is 0. The second-order valence-corrected chi connectivity index (χ2v) is 9.31. The van der Waals surface area contributed by atoms with E-state index in [0.29, 0.717) is 12.5 Å². The Balaban J connectivity index is 0.00000342. The maximum absolute atomic E-state index is 11.3. The highest BCUT2D eigenvalue weighted by molar-refractivity contribution is 5.85. The van der Waals surface area contributed by atoms with Crippen LogP contribution in [0.2, 0.25) is 0 Å². The van der Waals surface area contributed by atoms with Gasteiger partial charge < -0.3 is 15.0 Å². The molecule has 4 rings (SSSR count). The highest BCUT2D eigenvalue weighted by Crippen LogP contribution is 2.37. The fourth-order valence-electron chi connectivity index (χ4n) is 5.45. The van der Waals surface area contributed by atoms with E-state index in [1.54, 1.807) is 7.11 Å². The molecule has 1 fully saturated rings. The van der Waals surface area contributed by atoms with Crippen LogP contribution in [0.3, 0.4) is 0 Å². The van der Waals surface area contributed by atoms with Crippen LogP contribution in [-0.4, -0.2) is 44.6 Å². The van der Waals surface area contributed by atoms with Crippen molar-refractivity contribution in [1.82, 2.24) is 10.2 Å². The largest absolute Gasteiger partial charge is 0.497 e. The first-order chi connectivity index (χ1) is 16.7. The number of nitrogens with one attached hydrogen (secondary N) is 1. The SMILES string of the molecule is COc1ccc(C(CCCN2CCC(c3ccccc3)CC2)(CNC=O)c2ccccc2)cc1.Cl. The molecule has 3 aromatic carbocycles. The van der Waals surface area contributed by atoms with E-state index in [0.717, 1.165) is 44.6 Å². The number of piperidine rings is 1. The van der Waals surface area contributed by atoms with Crippen molar-refractivity contribution in [2.45, 2.75) is 37.0 Å². The van der Waals surface area contributed by atoms with E-state index in [1.807, 2.05) is 18.2 Å². The summed E-state index contributed by atoms with van der Waals surface area (Å²) in [6.07, 6.45) is 5.29. The maximum atomic E-state index is 11.3. The lowest BCUT2D eigenvalue weighted by Crippen LogP contribution is -2.40. The summed E-state index contributed by atoms with van der Waals surface area (Å²) in [4.78, 5) is 14.0. The molecule has 1 saturated heterocycles. The van der Waals surface area contributed by atoms with Gasteiger partial charge in [-0.05, 0) is 80.1 Å². The fraction of sp³-hybridized carbons (Fsp3) is 0.367. The van der Waals surface area contributed by atoms with Crippen LogP contribution in [0.15, 0.2) is 84.9 Å². The van der Waals surface area contributed by atoms with Gasteiger partial charge in [0, 0.05) is 12.0 Å². The number of nitrogens with zero attached hydrogens (tertiary/aromatic N) is 1. The van der Waals surface area contributed by atoms with Gasteiger partial charge in [-0.3, -0.25) is 4.79 Å². The van der Waals surface area contributed by atoms with Gasteiger partial charge in [0.25, 0.3) is 0 Å². The Morgan fingerprint density at radius 1 is 0.914 bits per heavy atom. The highest BCUT2D eigenvalue weighted by atomic mass is 35.5. The zero-order valence-corrected chi connectivity index (χ0v) is 21.4. The van der Waals surface area contributed by atoms with Crippen molar-refractivity contribution in [2.75, 3.05) is 33.3 Å². The Hall–Kier alpha value is -2.82. The van der Waals surface area contributed by atoms with Gasteiger partial charge in [-0.25, -0.2) is 0 Å². The van der Waals surface area contributed by atoms with Crippen LogP contribution in [0.4, 0.5) is 0 Å². The number of benzene rings is 3. The summed E-state index contributed by atoms with van der Waals surface area (Å²) in [7, 11) is 1.69. The van der Waals surface area contributed by atoms with Crippen LogP contribution < -0.4 is 10.1 Å². The average molecular weight is 493 g/mol. The molecule has 0 aliphatic carbocycles. The minimum atomic E-state index is -0.281. The van der Waals surface area contributed by atoms with E-state index in [2.05, 4.69) is 76.9 Å². The van der Waals surface area contributed by atoms with Gasteiger partial charge in [-0.1, -0.05) is 72.8 Å². The predicted molar refractivity (Wildman–Crippen MR) is 146 cm³/mol. The third-order valence-corrected chi connectivity index (χ3v) is 7.39. The molecule has 0 saturated carbocycles. The number of amides is 1. The summed E-state index contributed by atoms with van der Waals surface area (Å²) in [5.74, 6) is 1.52. The number of ether oxygens (including phenoxy) is 1. The molecule has 1 N–H and O–H groups in total. The molecule has 1 aliphatic rings. The van der Waals surface area contributed by atoms with Crippen molar-refractivity contribution in [3.63, 3.8) is 0 Å². The molecule has 1 atom stereocenters. The van der Waals surface area contributed by atoms with E-state index in [4.69, 9.17) is 4.74 Å². The maximum Gasteiger partial charge on any atom is 0.207 e. The standard InChI is InChI=1S/C30H36N2O2.ClH/c1-34-29-15-13-28(14-16-29)30(23-31-24-33,27-11-6-3-7-12-27)19-8-20-32-21-17-26(18-22-32)25-9-4-2-5-10-25;/h2-7,9-16,24,26H,8,17-23H2,1H3,(H,31,33);1H. The molecule has 3 aromatic rings. The molecule has 0 aromatic heterocycles. The number of carbonyl (C=O) groups excluding carboxylic acids is 1. The van der Waals surface area contributed by atoms with Crippen molar-refractivity contribution in [3.8, 4) is 5.75 Å². The summed E-state index contributed by atoms with van der Waals surface area (Å²) in [5.41, 5.74) is 3.63. The number of methoxy groups -OCH3 is 1. The van der Waals surface area contributed by atoms with Crippen LogP contribution >= 0.6 is 12.4 Å². The van der Waals surface area contributed by atoms with Gasteiger partial charge in [0.1, 0.15) is 5.75 Å². The van der Waals surface area contributed by atoms with Gasteiger partial charge in [-0.2, -0.15) is 0 Å². The third-order valence-electron chi connectivity index (χ3n) is 7.39. The lowest BCUT2D eigenvalue weighted by molar-refractivity contribution is -0.109. The van der Waals surface area contributed by atoms with Crippen LogP contribution in [0.25, 0.3) is 0 Å². The quantitative estimate of drug-likeness (QED) is 0.343. The van der Waals surface area contributed by atoms with Gasteiger partial charge >= 0.3 is 0 Å². The lowest BCUT2D eigenvalue weighted by Gasteiger charge is -2.37. The smallest absolute Gasteiger partial charge is 0.207 e. The summed E-state index contributed by atoms with van der Waals surface area (Å²) in [6.45, 7) is 3.94. The molecule has 35 heavy (non-hydrogen) atoms. The molecular weight excluding hydrogens is 456 g/mol. The van der Waals surface area contributed by atoms with Gasteiger partial charge in [0.05, 0.1) is 7.11 Å². The zero-order chi connectivity index (χ0) is 23.6. The van der Waals surface area contributed by atoms with Crippen molar-refractivity contribution >= 4 is 18.8 Å². The first kappa shape index (κ1) is 26.8. The van der Waals surface area contributed by atoms with Gasteiger partial charge in [0.2, 0.25) is 6.41 Å². The molecule has 4 nitrogen and oxygen atoms in total. The van der Waals surface area contributed by atoms with Crippen molar-refractivity contribution in [2.24, 2.45) is 0 Å². The Labute approximate surface area is 216 Å². The second kappa shape index (κ2) is 13.3. The number of carbonyl (C=O) groups is 1. The molecule has 1 unspecified atom stereocenters. The fourth-order valence-corrected chi connectivity index (χ4v) is 5.45. The van der Waals surface area contributed by atoms with Crippen LogP contribution in [0.1, 0.15) is 48.3 Å². The van der Waals surface area contributed by atoms with E-state index in [9.17, 15) is 4.79 Å². The van der Waals surface area contributed by atoms with Crippen molar-refractivity contribution in [1.29, 1.82) is 0 Å². The van der Waals surface area contributed by atoms with E-state index in [-0.39, 0.29) is 17.8 Å². The van der Waals surface area contributed by atoms with E-state index < -0.39 is 0 Å². The molecule has 0 radical (unpaired) electrons. The average Bonchev–Trinajstić information content (AvgIpc) is 2.92. The van der Waals surface area contributed by atoms with Gasteiger partial charge in [0.15, 0.2) is 0 Å². The number of likely N-dealkylation sites (tertiary alicyclic amines) is 1. The summed E-state index contributed by atoms with van der Waals surface area (Å²) >= 11 is 0. The Bertz CT molecular complexity index is 1010. The summed E-state index contributed by atoms with van der Waals surface area (Å²) in [6, 6.07) is 29.8. The lowest BCUT2D eigenvalue weighted by atomic mass is 9.71. The minimum Gasteiger partial charge on any atom is -0.497 e. The van der Waals surface area contributed by atoms with Gasteiger partial charge in [-0.15, -0.1) is 12.4 Å². The normalized spacial score (nSPS) is 16.0. The van der Waals surface area contributed by atoms with E-state index in [1.165, 1.54) is 29.5 Å². The topological polar surface area (TPSA) is 41.6 Å². The van der Waals surface area contributed by atoms with E-state index >= 15 is 0 Å². The van der Waals surface area contributed by atoms with Crippen LogP contribution in [0.5, 0.6) is 5.75 Å². The Morgan fingerprint density at radius 3 is 2.11 bits per heavy atom. The highest BCUT2D eigenvalue weighted by Gasteiger charge is 2.34. The molecular formula is C30H37ClN2O2. The first-order valence-electron chi connectivity index (χ1n) is 12.4.